The lowest BCUT2D eigenvalue weighted by molar-refractivity contribution is -0.118. The number of ketones is 1. The van der Waals surface area contributed by atoms with Crippen LogP contribution in [0.15, 0.2) is 24.3 Å². The highest BCUT2D eigenvalue weighted by Crippen LogP contribution is 2.09. The molecule has 0 bridgehead atoms. The lowest BCUT2D eigenvalue weighted by Crippen LogP contribution is -2.02. The van der Waals surface area contributed by atoms with Crippen LogP contribution in [0.4, 0.5) is 5.69 Å². The van der Waals surface area contributed by atoms with Crippen LogP contribution < -0.4 is 5.73 Å². The van der Waals surface area contributed by atoms with Gasteiger partial charge in [0.2, 0.25) is 0 Å². The minimum absolute atomic E-state index is 0.303. The normalized spacial score (nSPS) is 10.1. The predicted octanol–water partition coefficient (Wildman–Crippen LogP) is 2.57. The first-order chi connectivity index (χ1) is 6.72. The molecule has 0 saturated heterocycles. The van der Waals surface area contributed by atoms with E-state index in [1.54, 1.807) is 0 Å². The van der Waals surface area contributed by atoms with E-state index in [-0.39, 0.29) is 0 Å². The van der Waals surface area contributed by atoms with Gasteiger partial charge in [-0.25, -0.2) is 0 Å². The second-order valence-corrected chi connectivity index (χ2v) is 3.56. The molecule has 0 spiro atoms. The number of benzene rings is 1. The van der Waals surface area contributed by atoms with Gasteiger partial charge in [-0.3, -0.25) is 4.79 Å². The van der Waals surface area contributed by atoms with Crippen LogP contribution in [0, 0.1) is 0 Å². The second-order valence-electron chi connectivity index (χ2n) is 3.56. The first-order valence-corrected chi connectivity index (χ1v) is 5.08. The molecule has 0 aliphatic heterocycles. The fourth-order valence-electron chi connectivity index (χ4n) is 1.39. The summed E-state index contributed by atoms with van der Waals surface area (Å²) in [7, 11) is 0. The summed E-state index contributed by atoms with van der Waals surface area (Å²) in [4.78, 5) is 11.4. The van der Waals surface area contributed by atoms with E-state index in [4.69, 9.17) is 5.73 Å². The third-order valence-corrected chi connectivity index (χ3v) is 2.16. The number of nitrogen functional groups attached to an aromatic ring is 1. The maximum absolute atomic E-state index is 11.4. The summed E-state index contributed by atoms with van der Waals surface area (Å²) in [5, 5.41) is 0. The fraction of sp³-hybridized carbons (Fsp3) is 0.417. The minimum atomic E-state index is 0.303. The van der Waals surface area contributed by atoms with E-state index in [0.717, 1.165) is 24.1 Å². The molecule has 2 N–H and O–H groups in total. The smallest absolute Gasteiger partial charge is 0.137 e. The van der Waals surface area contributed by atoms with Gasteiger partial charge in [-0.2, -0.15) is 0 Å². The summed E-state index contributed by atoms with van der Waals surface area (Å²) in [6, 6.07) is 7.53. The summed E-state index contributed by atoms with van der Waals surface area (Å²) in [5.74, 6) is 0.303. The highest BCUT2D eigenvalue weighted by molar-refractivity contribution is 5.81. The lowest BCUT2D eigenvalue weighted by atomic mass is 10.0. The number of carbonyl (C=O) groups is 1. The Kier molecular flexibility index (Phi) is 4.17. The van der Waals surface area contributed by atoms with E-state index in [1.165, 1.54) is 0 Å². The van der Waals surface area contributed by atoms with Crippen molar-refractivity contribution in [1.82, 2.24) is 0 Å². The van der Waals surface area contributed by atoms with Crippen molar-refractivity contribution in [3.05, 3.63) is 29.8 Å². The molecule has 2 heteroatoms. The number of carbonyl (C=O) groups excluding carboxylic acids is 1. The molecule has 0 heterocycles. The third-order valence-electron chi connectivity index (χ3n) is 2.16. The maximum atomic E-state index is 11.4. The Balaban J connectivity index is 2.47. The molecule has 0 atom stereocenters. The van der Waals surface area contributed by atoms with Gasteiger partial charge in [0.15, 0.2) is 0 Å². The lowest BCUT2D eigenvalue weighted by Gasteiger charge is -2.01. The molecule has 0 aromatic heterocycles. The molecule has 1 aromatic carbocycles. The Morgan fingerprint density at radius 1 is 1.43 bits per heavy atom. The van der Waals surface area contributed by atoms with Crippen molar-refractivity contribution in [3.63, 3.8) is 0 Å². The standard InChI is InChI=1S/C12H17NO/c1-2-3-7-12(14)9-10-5-4-6-11(13)8-10/h4-6,8H,2-3,7,9,13H2,1H3. The van der Waals surface area contributed by atoms with E-state index >= 15 is 0 Å². The molecule has 0 saturated carbocycles. The Bertz CT molecular complexity index is 307. The van der Waals surface area contributed by atoms with Gasteiger partial charge in [0.25, 0.3) is 0 Å². The van der Waals surface area contributed by atoms with E-state index in [9.17, 15) is 4.79 Å². The molecule has 76 valence electrons. The van der Waals surface area contributed by atoms with E-state index in [2.05, 4.69) is 6.92 Å². The van der Waals surface area contributed by atoms with E-state index < -0.39 is 0 Å². The van der Waals surface area contributed by atoms with Crippen LogP contribution in [-0.4, -0.2) is 5.78 Å². The van der Waals surface area contributed by atoms with Gasteiger partial charge in [-0.1, -0.05) is 25.5 Å². The number of hydrogen-bond donors (Lipinski definition) is 1. The molecule has 1 aromatic rings. The first kappa shape index (κ1) is 10.8. The molecule has 0 amide bonds. The first-order valence-electron chi connectivity index (χ1n) is 5.08. The number of unbranched alkanes of at least 4 members (excludes halogenated alkanes) is 1. The van der Waals surface area contributed by atoms with Crippen molar-refractivity contribution in [3.8, 4) is 0 Å². The monoisotopic (exact) mass is 191 g/mol. The molecule has 0 aliphatic rings. The Hall–Kier alpha value is -1.31. The minimum Gasteiger partial charge on any atom is -0.399 e. The average molecular weight is 191 g/mol. The van der Waals surface area contributed by atoms with Gasteiger partial charge < -0.3 is 5.73 Å². The quantitative estimate of drug-likeness (QED) is 0.727. The number of nitrogens with two attached hydrogens (primary N) is 1. The van der Waals surface area contributed by atoms with Gasteiger partial charge in [-0.15, -0.1) is 0 Å². The second kappa shape index (κ2) is 5.43. The van der Waals surface area contributed by atoms with Crippen LogP contribution in [-0.2, 0) is 11.2 Å². The largest absolute Gasteiger partial charge is 0.399 e. The van der Waals surface area contributed by atoms with Crippen LogP contribution in [0.1, 0.15) is 31.7 Å². The summed E-state index contributed by atoms with van der Waals surface area (Å²) in [6.07, 6.45) is 3.26. The van der Waals surface area contributed by atoms with Gasteiger partial charge in [0, 0.05) is 18.5 Å². The topological polar surface area (TPSA) is 43.1 Å². The number of anilines is 1. The van der Waals surface area contributed by atoms with Crippen molar-refractivity contribution < 1.29 is 4.79 Å². The van der Waals surface area contributed by atoms with Crippen molar-refractivity contribution in [2.24, 2.45) is 0 Å². The zero-order chi connectivity index (χ0) is 10.4. The summed E-state index contributed by atoms with van der Waals surface area (Å²) in [6.45, 7) is 2.09. The maximum Gasteiger partial charge on any atom is 0.137 e. The number of Topliss-reactive ketones (excluding diaryl/α,β-unsaturated/α-hetero) is 1. The van der Waals surface area contributed by atoms with Crippen LogP contribution >= 0.6 is 0 Å². The molecule has 0 aliphatic carbocycles. The van der Waals surface area contributed by atoms with E-state index in [0.29, 0.717) is 18.6 Å². The van der Waals surface area contributed by atoms with Crippen molar-refractivity contribution in [2.45, 2.75) is 32.6 Å². The van der Waals surface area contributed by atoms with Crippen LogP contribution in [0.25, 0.3) is 0 Å². The SMILES string of the molecule is CCCCC(=O)Cc1cccc(N)c1. The molecule has 0 fully saturated rings. The van der Waals surface area contributed by atoms with Gasteiger partial charge in [0.1, 0.15) is 5.78 Å². The number of rotatable bonds is 5. The Morgan fingerprint density at radius 2 is 2.21 bits per heavy atom. The fourth-order valence-corrected chi connectivity index (χ4v) is 1.39. The molecule has 0 unspecified atom stereocenters. The van der Waals surface area contributed by atoms with Gasteiger partial charge in [0.05, 0.1) is 0 Å². The van der Waals surface area contributed by atoms with Crippen LogP contribution in [0.3, 0.4) is 0 Å². The van der Waals surface area contributed by atoms with Gasteiger partial charge >= 0.3 is 0 Å². The molecular formula is C12H17NO. The molecular weight excluding hydrogens is 174 g/mol. The van der Waals surface area contributed by atoms with Gasteiger partial charge in [-0.05, 0) is 24.1 Å². The third kappa shape index (κ3) is 3.60. The number of hydrogen-bond acceptors (Lipinski definition) is 2. The highest BCUT2D eigenvalue weighted by Gasteiger charge is 2.02. The molecule has 0 radical (unpaired) electrons. The van der Waals surface area contributed by atoms with Crippen LogP contribution in [0.2, 0.25) is 0 Å². The van der Waals surface area contributed by atoms with Crippen molar-refractivity contribution in [1.29, 1.82) is 0 Å². The average Bonchev–Trinajstić information content (AvgIpc) is 2.15. The van der Waals surface area contributed by atoms with Crippen LogP contribution in [0.5, 0.6) is 0 Å². The molecule has 14 heavy (non-hydrogen) atoms. The molecule has 2 nitrogen and oxygen atoms in total. The highest BCUT2D eigenvalue weighted by atomic mass is 16.1. The Morgan fingerprint density at radius 3 is 2.86 bits per heavy atom. The summed E-state index contributed by atoms with van der Waals surface area (Å²) >= 11 is 0. The van der Waals surface area contributed by atoms with Crippen molar-refractivity contribution >= 4 is 11.5 Å². The zero-order valence-corrected chi connectivity index (χ0v) is 8.62. The summed E-state index contributed by atoms with van der Waals surface area (Å²) < 4.78 is 0. The zero-order valence-electron chi connectivity index (χ0n) is 8.62. The Labute approximate surface area is 85.1 Å². The summed E-state index contributed by atoms with van der Waals surface area (Å²) in [5.41, 5.74) is 7.37. The van der Waals surface area contributed by atoms with Crippen molar-refractivity contribution in [2.75, 3.05) is 5.73 Å². The predicted molar refractivity (Wildman–Crippen MR) is 59.1 cm³/mol. The molecule has 1 rings (SSSR count). The van der Waals surface area contributed by atoms with E-state index in [1.807, 2.05) is 24.3 Å².